The summed E-state index contributed by atoms with van der Waals surface area (Å²) in [7, 11) is 0. The normalized spacial score (nSPS) is 19.6. The highest BCUT2D eigenvalue weighted by Crippen LogP contribution is 2.26. The molecule has 1 heterocycles. The first-order valence-electron chi connectivity index (χ1n) is 7.08. The lowest BCUT2D eigenvalue weighted by molar-refractivity contribution is 0.102. The van der Waals surface area contributed by atoms with Gasteiger partial charge in [0.05, 0.1) is 0 Å². The number of hydrogen-bond acceptors (Lipinski definition) is 3. The van der Waals surface area contributed by atoms with Crippen LogP contribution < -0.4 is 5.73 Å². The number of nitrogens with zero attached hydrogens (tertiary/aromatic N) is 2. The monoisotopic (exact) mass is 281 g/mol. The van der Waals surface area contributed by atoms with Crippen molar-refractivity contribution in [3.8, 4) is 0 Å². The van der Waals surface area contributed by atoms with Crippen LogP contribution >= 0.6 is 11.6 Å². The molecule has 1 aromatic carbocycles. The van der Waals surface area contributed by atoms with Crippen LogP contribution in [-0.4, -0.2) is 49.1 Å². The second-order valence-corrected chi connectivity index (χ2v) is 5.66. The van der Waals surface area contributed by atoms with Crippen molar-refractivity contribution in [1.29, 1.82) is 0 Å². The van der Waals surface area contributed by atoms with Gasteiger partial charge in [0.2, 0.25) is 0 Å². The minimum atomic E-state index is 0.316. The van der Waals surface area contributed by atoms with E-state index in [0.29, 0.717) is 12.6 Å². The fraction of sp³-hybridized carbons (Fsp3) is 0.600. The van der Waals surface area contributed by atoms with Gasteiger partial charge in [-0.1, -0.05) is 24.6 Å². The Bertz CT molecular complexity index is 414. The largest absolute Gasteiger partial charge is 0.329 e. The molecule has 1 aliphatic heterocycles. The summed E-state index contributed by atoms with van der Waals surface area (Å²) in [5, 5.41) is 0.799. The van der Waals surface area contributed by atoms with E-state index in [-0.39, 0.29) is 0 Å². The molecule has 0 saturated carbocycles. The van der Waals surface area contributed by atoms with Gasteiger partial charge in [-0.15, -0.1) is 0 Å². The van der Waals surface area contributed by atoms with E-state index < -0.39 is 0 Å². The molecule has 4 heteroatoms. The predicted octanol–water partition coefficient (Wildman–Crippen LogP) is 2.29. The maximum Gasteiger partial charge on any atom is 0.0474 e. The predicted molar refractivity (Wildman–Crippen MR) is 81.7 cm³/mol. The molecular weight excluding hydrogens is 258 g/mol. The molecule has 2 N–H and O–H groups in total. The number of benzene rings is 1. The third-order valence-corrected chi connectivity index (χ3v) is 4.34. The molecule has 1 aliphatic rings. The van der Waals surface area contributed by atoms with Crippen molar-refractivity contribution < 1.29 is 0 Å². The molecule has 1 unspecified atom stereocenters. The van der Waals surface area contributed by atoms with E-state index in [1.54, 1.807) is 0 Å². The van der Waals surface area contributed by atoms with Crippen molar-refractivity contribution in [3.05, 3.63) is 34.3 Å². The summed E-state index contributed by atoms with van der Waals surface area (Å²) >= 11 is 6.04. The third-order valence-electron chi connectivity index (χ3n) is 4.11. The van der Waals surface area contributed by atoms with Crippen molar-refractivity contribution in [2.45, 2.75) is 19.9 Å². The van der Waals surface area contributed by atoms with E-state index in [9.17, 15) is 0 Å². The lowest BCUT2D eigenvalue weighted by Crippen LogP contribution is -2.48. The SMILES string of the molecule is CCN1CCN(C(CN)c2ccc(Cl)cc2C)CC1. The number of hydrogen-bond donors (Lipinski definition) is 1. The van der Waals surface area contributed by atoms with E-state index in [1.807, 2.05) is 12.1 Å². The van der Waals surface area contributed by atoms with E-state index >= 15 is 0 Å². The fourth-order valence-corrected chi connectivity index (χ4v) is 3.10. The van der Waals surface area contributed by atoms with E-state index in [0.717, 1.165) is 37.7 Å². The van der Waals surface area contributed by atoms with Crippen molar-refractivity contribution in [2.24, 2.45) is 5.73 Å². The number of halogens is 1. The van der Waals surface area contributed by atoms with Crippen molar-refractivity contribution in [1.82, 2.24) is 9.80 Å². The lowest BCUT2D eigenvalue weighted by atomic mass is 9.99. The summed E-state index contributed by atoms with van der Waals surface area (Å²) in [4.78, 5) is 4.99. The zero-order chi connectivity index (χ0) is 13.8. The lowest BCUT2D eigenvalue weighted by Gasteiger charge is -2.39. The number of nitrogens with two attached hydrogens (primary N) is 1. The van der Waals surface area contributed by atoms with Crippen LogP contribution in [0.4, 0.5) is 0 Å². The molecule has 3 nitrogen and oxygen atoms in total. The second kappa shape index (κ2) is 6.71. The molecule has 1 aromatic rings. The standard InChI is InChI=1S/C15H24ClN3/c1-3-18-6-8-19(9-7-18)15(11-17)14-5-4-13(16)10-12(14)2/h4-5,10,15H,3,6-9,11,17H2,1-2H3. The van der Waals surface area contributed by atoms with Gasteiger partial charge in [-0.2, -0.15) is 0 Å². The minimum Gasteiger partial charge on any atom is -0.329 e. The highest BCUT2D eigenvalue weighted by molar-refractivity contribution is 6.30. The maximum absolute atomic E-state index is 6.04. The first-order valence-corrected chi connectivity index (χ1v) is 7.46. The average Bonchev–Trinajstić information content (AvgIpc) is 2.42. The Morgan fingerprint density at radius 2 is 1.95 bits per heavy atom. The van der Waals surface area contributed by atoms with Gasteiger partial charge in [-0.05, 0) is 36.7 Å². The van der Waals surface area contributed by atoms with Crippen LogP contribution in [-0.2, 0) is 0 Å². The zero-order valence-electron chi connectivity index (χ0n) is 11.9. The van der Waals surface area contributed by atoms with Crippen molar-refractivity contribution in [3.63, 3.8) is 0 Å². The van der Waals surface area contributed by atoms with E-state index in [1.165, 1.54) is 11.1 Å². The summed E-state index contributed by atoms with van der Waals surface area (Å²) in [6.45, 7) is 10.6. The zero-order valence-corrected chi connectivity index (χ0v) is 12.7. The first kappa shape index (κ1) is 14.8. The molecule has 0 aliphatic carbocycles. The number of rotatable bonds is 4. The third kappa shape index (κ3) is 3.48. The molecule has 0 radical (unpaired) electrons. The van der Waals surface area contributed by atoms with Gasteiger partial charge in [0, 0.05) is 43.8 Å². The molecular formula is C15H24ClN3. The summed E-state index contributed by atoms with van der Waals surface area (Å²) in [6, 6.07) is 6.44. The van der Waals surface area contributed by atoms with E-state index in [2.05, 4.69) is 29.7 Å². The Hall–Kier alpha value is -0.610. The molecule has 2 rings (SSSR count). The molecule has 1 saturated heterocycles. The molecule has 0 amide bonds. The number of piperazine rings is 1. The van der Waals surface area contributed by atoms with Crippen LogP contribution in [0.1, 0.15) is 24.1 Å². The summed E-state index contributed by atoms with van der Waals surface area (Å²) < 4.78 is 0. The summed E-state index contributed by atoms with van der Waals surface area (Å²) in [6.07, 6.45) is 0. The van der Waals surface area contributed by atoms with Gasteiger partial charge in [0.25, 0.3) is 0 Å². The number of likely N-dealkylation sites (N-methyl/N-ethyl adjacent to an activating group) is 1. The van der Waals surface area contributed by atoms with Crippen LogP contribution in [0.25, 0.3) is 0 Å². The van der Waals surface area contributed by atoms with Gasteiger partial charge >= 0.3 is 0 Å². The molecule has 1 atom stereocenters. The molecule has 0 spiro atoms. The Labute approximate surface area is 121 Å². The Morgan fingerprint density at radius 1 is 1.26 bits per heavy atom. The Kier molecular flexibility index (Phi) is 5.22. The topological polar surface area (TPSA) is 32.5 Å². The van der Waals surface area contributed by atoms with Crippen LogP contribution in [0.3, 0.4) is 0 Å². The van der Waals surface area contributed by atoms with Crippen LogP contribution in [0.5, 0.6) is 0 Å². The molecule has 106 valence electrons. The molecule has 19 heavy (non-hydrogen) atoms. The average molecular weight is 282 g/mol. The molecule has 1 fully saturated rings. The molecule has 0 bridgehead atoms. The second-order valence-electron chi connectivity index (χ2n) is 5.22. The summed E-state index contributed by atoms with van der Waals surface area (Å²) in [5.74, 6) is 0. The van der Waals surface area contributed by atoms with E-state index in [4.69, 9.17) is 17.3 Å². The minimum absolute atomic E-state index is 0.316. The highest BCUT2D eigenvalue weighted by Gasteiger charge is 2.24. The van der Waals surface area contributed by atoms with Gasteiger partial charge < -0.3 is 10.6 Å². The quantitative estimate of drug-likeness (QED) is 0.919. The van der Waals surface area contributed by atoms with Crippen LogP contribution in [0.2, 0.25) is 5.02 Å². The number of aryl methyl sites for hydroxylation is 1. The summed E-state index contributed by atoms with van der Waals surface area (Å²) in [5.41, 5.74) is 8.57. The fourth-order valence-electron chi connectivity index (χ4n) is 2.88. The van der Waals surface area contributed by atoms with Crippen LogP contribution in [0.15, 0.2) is 18.2 Å². The smallest absolute Gasteiger partial charge is 0.0474 e. The highest BCUT2D eigenvalue weighted by atomic mass is 35.5. The Balaban J connectivity index is 2.12. The van der Waals surface area contributed by atoms with Gasteiger partial charge in [0.1, 0.15) is 0 Å². The van der Waals surface area contributed by atoms with Crippen molar-refractivity contribution in [2.75, 3.05) is 39.3 Å². The van der Waals surface area contributed by atoms with Gasteiger partial charge in [-0.25, -0.2) is 0 Å². The molecule has 0 aromatic heterocycles. The van der Waals surface area contributed by atoms with Crippen LogP contribution in [0, 0.1) is 6.92 Å². The van der Waals surface area contributed by atoms with Crippen molar-refractivity contribution >= 4 is 11.6 Å². The van der Waals surface area contributed by atoms with Gasteiger partial charge in [-0.3, -0.25) is 4.90 Å². The van der Waals surface area contributed by atoms with Gasteiger partial charge in [0.15, 0.2) is 0 Å². The maximum atomic E-state index is 6.04. The Morgan fingerprint density at radius 3 is 2.47 bits per heavy atom. The first-order chi connectivity index (χ1) is 9.15.